The lowest BCUT2D eigenvalue weighted by molar-refractivity contribution is 0.641. The van der Waals surface area contributed by atoms with Gasteiger partial charge >= 0.3 is 0 Å². The molecule has 0 saturated heterocycles. The van der Waals surface area contributed by atoms with Gasteiger partial charge in [-0.3, -0.25) is 0 Å². The zero-order chi connectivity index (χ0) is 10.4. The number of hydrogen-bond acceptors (Lipinski definition) is 1. The second-order valence-corrected chi connectivity index (χ2v) is 4.11. The van der Waals surface area contributed by atoms with Crippen molar-refractivity contribution < 1.29 is 0 Å². The Morgan fingerprint density at radius 2 is 2.00 bits per heavy atom. The van der Waals surface area contributed by atoms with E-state index in [9.17, 15) is 0 Å². The van der Waals surface area contributed by atoms with Crippen LogP contribution in [0.3, 0.4) is 0 Å². The van der Waals surface area contributed by atoms with E-state index in [0.29, 0.717) is 5.02 Å². The van der Waals surface area contributed by atoms with E-state index in [-0.39, 0.29) is 12.4 Å². The molecule has 0 heterocycles. The summed E-state index contributed by atoms with van der Waals surface area (Å²) in [5.41, 5.74) is 1.10. The first-order valence-electron chi connectivity index (χ1n) is 4.88. The minimum atomic E-state index is 0. The molecule has 1 aromatic carbocycles. The van der Waals surface area contributed by atoms with Crippen LogP contribution in [-0.4, -0.2) is 6.54 Å². The average Bonchev–Trinajstić information content (AvgIpc) is 2.15. The SMILES string of the molecule is CCCCNCc1ccc(Cl)cc1Cl.Cl. The van der Waals surface area contributed by atoms with E-state index in [1.165, 1.54) is 12.8 Å². The molecule has 86 valence electrons. The Hall–Kier alpha value is 0.0500. The van der Waals surface area contributed by atoms with Crippen molar-refractivity contribution in [3.05, 3.63) is 33.8 Å². The van der Waals surface area contributed by atoms with Crippen LogP contribution in [0.4, 0.5) is 0 Å². The van der Waals surface area contributed by atoms with Gasteiger partial charge in [0.25, 0.3) is 0 Å². The fourth-order valence-corrected chi connectivity index (χ4v) is 1.67. The van der Waals surface area contributed by atoms with E-state index >= 15 is 0 Å². The number of benzene rings is 1. The van der Waals surface area contributed by atoms with Crippen molar-refractivity contribution >= 4 is 35.6 Å². The van der Waals surface area contributed by atoms with Gasteiger partial charge in [-0.15, -0.1) is 12.4 Å². The molecule has 0 aliphatic rings. The molecule has 0 fully saturated rings. The molecule has 0 atom stereocenters. The van der Waals surface area contributed by atoms with E-state index in [1.54, 1.807) is 6.07 Å². The van der Waals surface area contributed by atoms with Gasteiger partial charge < -0.3 is 5.32 Å². The highest BCUT2D eigenvalue weighted by molar-refractivity contribution is 6.35. The van der Waals surface area contributed by atoms with E-state index in [1.807, 2.05) is 12.1 Å². The monoisotopic (exact) mass is 267 g/mol. The van der Waals surface area contributed by atoms with Gasteiger partial charge in [0.05, 0.1) is 0 Å². The summed E-state index contributed by atoms with van der Waals surface area (Å²) in [4.78, 5) is 0. The quantitative estimate of drug-likeness (QED) is 0.785. The summed E-state index contributed by atoms with van der Waals surface area (Å²) in [6.45, 7) is 4.03. The molecule has 1 nitrogen and oxygen atoms in total. The summed E-state index contributed by atoms with van der Waals surface area (Å²) in [7, 11) is 0. The predicted molar refractivity (Wildman–Crippen MR) is 70.3 cm³/mol. The summed E-state index contributed by atoms with van der Waals surface area (Å²) in [6, 6.07) is 5.60. The van der Waals surface area contributed by atoms with E-state index in [0.717, 1.165) is 23.7 Å². The highest BCUT2D eigenvalue weighted by Crippen LogP contribution is 2.20. The van der Waals surface area contributed by atoms with Crippen LogP contribution in [0.2, 0.25) is 10.0 Å². The van der Waals surface area contributed by atoms with Crippen LogP contribution in [-0.2, 0) is 6.54 Å². The zero-order valence-electron chi connectivity index (χ0n) is 8.72. The minimum absolute atomic E-state index is 0. The van der Waals surface area contributed by atoms with Crippen LogP contribution in [0, 0.1) is 0 Å². The summed E-state index contributed by atoms with van der Waals surface area (Å²) in [5.74, 6) is 0. The topological polar surface area (TPSA) is 12.0 Å². The van der Waals surface area contributed by atoms with E-state index in [4.69, 9.17) is 23.2 Å². The third-order valence-corrected chi connectivity index (χ3v) is 2.62. The second kappa shape index (κ2) is 8.23. The van der Waals surface area contributed by atoms with Crippen LogP contribution in [0.15, 0.2) is 18.2 Å². The molecule has 0 aromatic heterocycles. The van der Waals surface area contributed by atoms with Gasteiger partial charge in [-0.25, -0.2) is 0 Å². The molecule has 1 aromatic rings. The Bertz CT molecular complexity index is 289. The lowest BCUT2D eigenvalue weighted by Gasteiger charge is -2.06. The highest BCUT2D eigenvalue weighted by Gasteiger charge is 1.99. The minimum Gasteiger partial charge on any atom is -0.313 e. The first kappa shape index (κ1) is 15.0. The first-order valence-corrected chi connectivity index (χ1v) is 5.64. The van der Waals surface area contributed by atoms with Crippen molar-refractivity contribution in [1.82, 2.24) is 5.32 Å². The molecular weight excluding hydrogens is 252 g/mol. The molecule has 0 aliphatic carbocycles. The van der Waals surface area contributed by atoms with Crippen molar-refractivity contribution in [1.29, 1.82) is 0 Å². The number of unbranched alkanes of at least 4 members (excludes halogenated alkanes) is 1. The third kappa shape index (κ3) is 5.62. The maximum Gasteiger partial charge on any atom is 0.0465 e. The lowest BCUT2D eigenvalue weighted by atomic mass is 10.2. The Morgan fingerprint density at radius 3 is 2.60 bits per heavy atom. The summed E-state index contributed by atoms with van der Waals surface area (Å²) in [6.07, 6.45) is 2.41. The number of hydrogen-bond donors (Lipinski definition) is 1. The zero-order valence-corrected chi connectivity index (χ0v) is 11.1. The molecule has 0 saturated carbocycles. The fraction of sp³-hybridized carbons (Fsp3) is 0.455. The maximum atomic E-state index is 6.02. The molecule has 4 heteroatoms. The summed E-state index contributed by atoms with van der Waals surface area (Å²) in [5, 5.41) is 4.76. The van der Waals surface area contributed by atoms with E-state index in [2.05, 4.69) is 12.2 Å². The molecule has 0 amide bonds. The van der Waals surface area contributed by atoms with Crippen molar-refractivity contribution in [2.24, 2.45) is 0 Å². The molecule has 1 N–H and O–H groups in total. The Morgan fingerprint density at radius 1 is 1.27 bits per heavy atom. The van der Waals surface area contributed by atoms with Crippen molar-refractivity contribution in [3.8, 4) is 0 Å². The number of halogens is 3. The fourth-order valence-electron chi connectivity index (χ4n) is 1.19. The van der Waals surface area contributed by atoms with Crippen molar-refractivity contribution in [2.45, 2.75) is 26.3 Å². The van der Waals surface area contributed by atoms with Crippen LogP contribution < -0.4 is 5.32 Å². The smallest absolute Gasteiger partial charge is 0.0465 e. The van der Waals surface area contributed by atoms with Gasteiger partial charge in [-0.2, -0.15) is 0 Å². The molecular formula is C11H16Cl3N. The first-order chi connectivity index (χ1) is 6.74. The Kier molecular flexibility index (Phi) is 8.26. The third-order valence-electron chi connectivity index (χ3n) is 2.04. The Labute approximate surface area is 108 Å². The van der Waals surface area contributed by atoms with Crippen LogP contribution in [0.5, 0.6) is 0 Å². The summed E-state index contributed by atoms with van der Waals surface area (Å²) >= 11 is 11.8. The van der Waals surface area contributed by atoms with Crippen molar-refractivity contribution in [2.75, 3.05) is 6.54 Å². The highest BCUT2D eigenvalue weighted by atomic mass is 35.5. The van der Waals surface area contributed by atoms with Gasteiger partial charge in [-0.1, -0.05) is 42.6 Å². The molecule has 15 heavy (non-hydrogen) atoms. The molecule has 0 bridgehead atoms. The average molecular weight is 269 g/mol. The van der Waals surface area contributed by atoms with Gasteiger partial charge in [0.1, 0.15) is 0 Å². The van der Waals surface area contributed by atoms with Crippen molar-refractivity contribution in [3.63, 3.8) is 0 Å². The molecule has 1 rings (SSSR count). The van der Waals surface area contributed by atoms with Gasteiger partial charge in [-0.05, 0) is 30.7 Å². The number of nitrogens with one attached hydrogen (secondary N) is 1. The van der Waals surface area contributed by atoms with Crippen LogP contribution in [0.1, 0.15) is 25.3 Å². The molecule has 0 spiro atoms. The maximum absolute atomic E-state index is 6.02. The largest absolute Gasteiger partial charge is 0.313 e. The number of rotatable bonds is 5. The van der Waals surface area contributed by atoms with E-state index < -0.39 is 0 Å². The molecule has 0 radical (unpaired) electrons. The van der Waals surface area contributed by atoms with Crippen LogP contribution in [0.25, 0.3) is 0 Å². The molecule has 0 aliphatic heterocycles. The lowest BCUT2D eigenvalue weighted by Crippen LogP contribution is -2.14. The summed E-state index contributed by atoms with van der Waals surface area (Å²) < 4.78 is 0. The van der Waals surface area contributed by atoms with Gasteiger partial charge in [0.15, 0.2) is 0 Å². The van der Waals surface area contributed by atoms with Gasteiger partial charge in [0, 0.05) is 16.6 Å². The van der Waals surface area contributed by atoms with Crippen LogP contribution >= 0.6 is 35.6 Å². The predicted octanol–water partition coefficient (Wildman–Crippen LogP) is 4.30. The second-order valence-electron chi connectivity index (χ2n) is 3.27. The van der Waals surface area contributed by atoms with Gasteiger partial charge in [0.2, 0.25) is 0 Å². The Balaban J connectivity index is 0.00000196. The molecule has 0 unspecified atom stereocenters. The normalized spacial score (nSPS) is 9.80. The standard InChI is InChI=1S/C11H15Cl2N.ClH/c1-2-3-6-14-8-9-4-5-10(12)7-11(9)13;/h4-5,7,14H,2-3,6,8H2,1H3;1H.